The molecule has 0 atom stereocenters. The number of nitro benzene ring substituents is 1. The van der Waals surface area contributed by atoms with E-state index in [-0.39, 0.29) is 11.6 Å². The van der Waals surface area contributed by atoms with Crippen LogP contribution < -0.4 is 10.1 Å². The maximum Gasteiger partial charge on any atom is 0.269 e. The highest BCUT2D eigenvalue weighted by molar-refractivity contribution is 6.04. The number of ether oxygens (including phenoxy) is 1. The molecule has 0 bridgehead atoms. The van der Waals surface area contributed by atoms with Gasteiger partial charge in [-0.2, -0.15) is 0 Å². The Morgan fingerprint density at radius 1 is 0.828 bits per heavy atom. The number of carbonyl (C=O) groups is 1. The van der Waals surface area contributed by atoms with Gasteiger partial charge in [0.1, 0.15) is 11.5 Å². The molecule has 142 valence electrons. The quantitative estimate of drug-likeness (QED) is 0.349. The number of non-ortho nitro benzene ring substituents is 1. The zero-order valence-corrected chi connectivity index (χ0v) is 15.2. The van der Waals surface area contributed by atoms with Crippen molar-refractivity contribution in [1.82, 2.24) is 0 Å². The highest BCUT2D eigenvalue weighted by atomic mass is 16.6. The zero-order valence-electron chi connectivity index (χ0n) is 15.2. The lowest BCUT2D eigenvalue weighted by Crippen LogP contribution is -2.11. The number of rotatable bonds is 5. The molecule has 0 fully saturated rings. The van der Waals surface area contributed by atoms with Gasteiger partial charge in [0.15, 0.2) is 0 Å². The molecule has 1 amide bonds. The third-order valence-electron chi connectivity index (χ3n) is 4.43. The van der Waals surface area contributed by atoms with Crippen LogP contribution in [0.15, 0.2) is 91.0 Å². The molecule has 1 N–H and O–H groups in total. The van der Waals surface area contributed by atoms with E-state index >= 15 is 0 Å². The van der Waals surface area contributed by atoms with Crippen molar-refractivity contribution in [2.24, 2.45) is 0 Å². The van der Waals surface area contributed by atoms with Crippen LogP contribution in [-0.4, -0.2) is 10.8 Å². The maximum atomic E-state index is 12.3. The lowest BCUT2D eigenvalue weighted by atomic mass is 10.1. The molecule has 4 aromatic carbocycles. The molecule has 0 saturated carbocycles. The fraction of sp³-hybridized carbons (Fsp3) is 0. The first kappa shape index (κ1) is 18.2. The Morgan fingerprint density at radius 3 is 2.24 bits per heavy atom. The van der Waals surface area contributed by atoms with Crippen molar-refractivity contribution < 1.29 is 14.5 Å². The molecule has 0 saturated heterocycles. The summed E-state index contributed by atoms with van der Waals surface area (Å²) in [5.74, 6) is 1.06. The fourth-order valence-corrected chi connectivity index (χ4v) is 2.96. The fourth-order valence-electron chi connectivity index (χ4n) is 2.96. The SMILES string of the molecule is O=C(Nc1ccc(Oc2cccc3ccccc23)cc1)c1ccc([N+](=O)[O-])cc1. The minimum Gasteiger partial charge on any atom is -0.457 e. The number of hydrogen-bond donors (Lipinski definition) is 1. The molecule has 6 nitrogen and oxygen atoms in total. The minimum absolute atomic E-state index is 0.0588. The van der Waals surface area contributed by atoms with Crippen molar-refractivity contribution in [3.05, 3.63) is 107 Å². The molecule has 0 aliphatic rings. The van der Waals surface area contributed by atoms with Gasteiger partial charge in [0.2, 0.25) is 0 Å². The molecule has 29 heavy (non-hydrogen) atoms. The molecule has 0 radical (unpaired) electrons. The number of nitrogens with zero attached hydrogens (tertiary/aromatic N) is 1. The smallest absolute Gasteiger partial charge is 0.269 e. The predicted molar refractivity (Wildman–Crippen MR) is 112 cm³/mol. The van der Waals surface area contributed by atoms with Gasteiger partial charge in [-0.15, -0.1) is 0 Å². The number of carbonyl (C=O) groups excluding carboxylic acids is 1. The second-order valence-electron chi connectivity index (χ2n) is 6.36. The van der Waals surface area contributed by atoms with Gasteiger partial charge >= 0.3 is 0 Å². The Labute approximate surface area is 166 Å². The third kappa shape index (κ3) is 4.06. The summed E-state index contributed by atoms with van der Waals surface area (Å²) in [5.41, 5.74) is 0.877. The lowest BCUT2D eigenvalue weighted by Gasteiger charge is -2.10. The summed E-state index contributed by atoms with van der Waals surface area (Å²) in [6, 6.07) is 26.3. The van der Waals surface area contributed by atoms with E-state index in [1.54, 1.807) is 24.3 Å². The Hall–Kier alpha value is -4.19. The molecule has 0 aliphatic carbocycles. The van der Waals surface area contributed by atoms with Crippen LogP contribution in [0.5, 0.6) is 11.5 Å². The first-order valence-corrected chi connectivity index (χ1v) is 8.92. The number of benzene rings is 4. The summed E-state index contributed by atoms with van der Waals surface area (Å²) in [6.45, 7) is 0. The summed E-state index contributed by atoms with van der Waals surface area (Å²) in [7, 11) is 0. The number of fused-ring (bicyclic) bond motifs is 1. The van der Waals surface area contributed by atoms with Crippen molar-refractivity contribution in [1.29, 1.82) is 0 Å². The van der Waals surface area contributed by atoms with Gasteiger partial charge in [-0.05, 0) is 47.9 Å². The third-order valence-corrected chi connectivity index (χ3v) is 4.43. The first-order chi connectivity index (χ1) is 14.1. The van der Waals surface area contributed by atoms with E-state index in [0.29, 0.717) is 17.0 Å². The van der Waals surface area contributed by atoms with Gasteiger partial charge < -0.3 is 10.1 Å². The van der Waals surface area contributed by atoms with Gasteiger partial charge in [0, 0.05) is 28.8 Å². The Morgan fingerprint density at radius 2 is 1.52 bits per heavy atom. The van der Waals surface area contributed by atoms with Gasteiger partial charge in [-0.3, -0.25) is 14.9 Å². The predicted octanol–water partition coefficient (Wildman–Crippen LogP) is 5.79. The van der Waals surface area contributed by atoms with Gasteiger partial charge in [0.25, 0.3) is 11.6 Å². The van der Waals surface area contributed by atoms with Crippen LogP contribution in [0.4, 0.5) is 11.4 Å². The molecular weight excluding hydrogens is 368 g/mol. The summed E-state index contributed by atoms with van der Waals surface area (Å²) in [5, 5.41) is 15.6. The maximum absolute atomic E-state index is 12.3. The number of nitrogens with one attached hydrogen (secondary N) is 1. The average Bonchev–Trinajstić information content (AvgIpc) is 2.75. The van der Waals surface area contributed by atoms with Crippen molar-refractivity contribution >= 4 is 28.1 Å². The summed E-state index contributed by atoms with van der Waals surface area (Å²) in [6.07, 6.45) is 0. The topological polar surface area (TPSA) is 81.5 Å². The molecule has 4 rings (SSSR count). The van der Waals surface area contributed by atoms with Crippen LogP contribution in [0.25, 0.3) is 10.8 Å². The van der Waals surface area contributed by atoms with Crippen molar-refractivity contribution in [2.45, 2.75) is 0 Å². The Bertz CT molecular complexity index is 1180. The summed E-state index contributed by atoms with van der Waals surface area (Å²) in [4.78, 5) is 22.5. The van der Waals surface area contributed by atoms with E-state index in [0.717, 1.165) is 16.5 Å². The van der Waals surface area contributed by atoms with Crippen LogP contribution in [0.1, 0.15) is 10.4 Å². The second-order valence-corrected chi connectivity index (χ2v) is 6.36. The van der Waals surface area contributed by atoms with Gasteiger partial charge in [-0.25, -0.2) is 0 Å². The number of amides is 1. The van der Waals surface area contributed by atoms with E-state index in [4.69, 9.17) is 4.74 Å². The Balaban J connectivity index is 1.46. The highest BCUT2D eigenvalue weighted by Crippen LogP contribution is 2.30. The second kappa shape index (κ2) is 7.82. The van der Waals surface area contributed by atoms with E-state index in [1.807, 2.05) is 42.5 Å². The van der Waals surface area contributed by atoms with Crippen molar-refractivity contribution in [3.8, 4) is 11.5 Å². The minimum atomic E-state index is -0.504. The molecule has 0 heterocycles. The van der Waals surface area contributed by atoms with Crippen LogP contribution >= 0.6 is 0 Å². The summed E-state index contributed by atoms with van der Waals surface area (Å²) < 4.78 is 6.00. The molecule has 0 unspecified atom stereocenters. The first-order valence-electron chi connectivity index (χ1n) is 8.92. The van der Waals surface area contributed by atoms with Crippen molar-refractivity contribution in [3.63, 3.8) is 0 Å². The van der Waals surface area contributed by atoms with Gasteiger partial charge in [-0.1, -0.05) is 36.4 Å². The van der Waals surface area contributed by atoms with E-state index in [2.05, 4.69) is 5.32 Å². The normalized spacial score (nSPS) is 10.5. The van der Waals surface area contributed by atoms with Crippen LogP contribution in [0, 0.1) is 10.1 Å². The van der Waals surface area contributed by atoms with Crippen molar-refractivity contribution in [2.75, 3.05) is 5.32 Å². The number of anilines is 1. The van der Waals surface area contributed by atoms with Crippen LogP contribution in [0.2, 0.25) is 0 Å². The van der Waals surface area contributed by atoms with Crippen LogP contribution in [0.3, 0.4) is 0 Å². The standard InChI is InChI=1S/C23H16N2O4/c26-23(17-8-12-19(13-9-17)25(27)28)24-18-10-14-20(15-11-18)29-22-7-3-5-16-4-1-2-6-21(16)22/h1-15H,(H,24,26). The lowest BCUT2D eigenvalue weighted by molar-refractivity contribution is -0.384. The van der Waals surface area contributed by atoms with E-state index in [9.17, 15) is 14.9 Å². The molecule has 0 aliphatic heterocycles. The molecule has 4 aromatic rings. The Kier molecular flexibility index (Phi) is 4.90. The largest absolute Gasteiger partial charge is 0.457 e. The molecule has 0 spiro atoms. The summed E-state index contributed by atoms with van der Waals surface area (Å²) >= 11 is 0. The van der Waals surface area contributed by atoms with E-state index in [1.165, 1.54) is 24.3 Å². The number of nitro groups is 1. The molecular formula is C23H16N2O4. The number of hydrogen-bond acceptors (Lipinski definition) is 4. The van der Waals surface area contributed by atoms with E-state index < -0.39 is 4.92 Å². The zero-order chi connectivity index (χ0) is 20.2. The average molecular weight is 384 g/mol. The van der Waals surface area contributed by atoms with Gasteiger partial charge in [0.05, 0.1) is 4.92 Å². The highest BCUT2D eigenvalue weighted by Gasteiger charge is 2.10. The molecule has 0 aromatic heterocycles. The molecule has 6 heteroatoms. The van der Waals surface area contributed by atoms with Crippen LogP contribution in [-0.2, 0) is 0 Å². The monoisotopic (exact) mass is 384 g/mol.